The maximum Gasteiger partial charge on any atom is 0.147 e. The molecule has 0 radical (unpaired) electrons. The average Bonchev–Trinajstić information content (AvgIpc) is 2.28. The Morgan fingerprint density at radius 3 is 2.44 bits per heavy atom. The SMILES string of the molecule is CCNC(C)C1CCN(CCCS(C)(=O)=O)CC1. The molecular weight excluding hydrogens is 248 g/mol. The first-order chi connectivity index (χ1) is 8.42. The zero-order chi connectivity index (χ0) is 13.6. The molecule has 1 aliphatic heterocycles. The van der Waals surface area contributed by atoms with E-state index in [0.29, 0.717) is 11.8 Å². The van der Waals surface area contributed by atoms with Gasteiger partial charge < -0.3 is 10.2 Å². The Labute approximate surface area is 112 Å². The maximum absolute atomic E-state index is 11.1. The van der Waals surface area contributed by atoms with Crippen molar-refractivity contribution in [3.8, 4) is 0 Å². The quantitative estimate of drug-likeness (QED) is 0.757. The van der Waals surface area contributed by atoms with Gasteiger partial charge in [0, 0.05) is 12.3 Å². The van der Waals surface area contributed by atoms with Gasteiger partial charge in [-0.25, -0.2) is 8.42 Å². The minimum absolute atomic E-state index is 0.320. The number of rotatable bonds is 7. The molecule has 18 heavy (non-hydrogen) atoms. The predicted octanol–water partition coefficient (Wildman–Crippen LogP) is 1.13. The van der Waals surface area contributed by atoms with E-state index in [9.17, 15) is 8.42 Å². The molecule has 0 spiro atoms. The minimum atomic E-state index is -2.79. The second-order valence-corrected chi connectivity index (χ2v) is 7.77. The van der Waals surface area contributed by atoms with Crippen molar-refractivity contribution in [3.05, 3.63) is 0 Å². The molecule has 0 aromatic carbocycles. The van der Waals surface area contributed by atoms with Gasteiger partial charge in [0.05, 0.1) is 5.75 Å². The van der Waals surface area contributed by atoms with E-state index in [1.807, 2.05) is 0 Å². The van der Waals surface area contributed by atoms with Gasteiger partial charge in [0.25, 0.3) is 0 Å². The summed E-state index contributed by atoms with van der Waals surface area (Å²) in [6.07, 6.45) is 4.55. The third-order valence-electron chi connectivity index (χ3n) is 3.85. The molecule has 4 nitrogen and oxygen atoms in total. The normalized spacial score (nSPS) is 21.1. The summed E-state index contributed by atoms with van der Waals surface area (Å²) < 4.78 is 22.1. The van der Waals surface area contributed by atoms with Gasteiger partial charge in [0.1, 0.15) is 9.84 Å². The van der Waals surface area contributed by atoms with Crippen LogP contribution in [0.3, 0.4) is 0 Å². The van der Waals surface area contributed by atoms with Crippen molar-refractivity contribution in [3.63, 3.8) is 0 Å². The highest BCUT2D eigenvalue weighted by atomic mass is 32.2. The molecule has 1 unspecified atom stereocenters. The molecule has 0 amide bonds. The Hall–Kier alpha value is -0.130. The topological polar surface area (TPSA) is 49.4 Å². The molecule has 5 heteroatoms. The zero-order valence-electron chi connectivity index (χ0n) is 12.0. The predicted molar refractivity (Wildman–Crippen MR) is 76.6 cm³/mol. The van der Waals surface area contributed by atoms with Crippen LogP contribution >= 0.6 is 0 Å². The average molecular weight is 276 g/mol. The van der Waals surface area contributed by atoms with E-state index in [1.165, 1.54) is 19.1 Å². The van der Waals surface area contributed by atoms with Gasteiger partial charge in [-0.2, -0.15) is 0 Å². The van der Waals surface area contributed by atoms with Crippen LogP contribution in [0.5, 0.6) is 0 Å². The highest BCUT2D eigenvalue weighted by molar-refractivity contribution is 7.90. The van der Waals surface area contributed by atoms with Gasteiger partial charge in [0.15, 0.2) is 0 Å². The third-order valence-corrected chi connectivity index (χ3v) is 4.89. The van der Waals surface area contributed by atoms with Crippen molar-refractivity contribution in [2.24, 2.45) is 5.92 Å². The molecule has 1 saturated heterocycles. The summed E-state index contributed by atoms with van der Waals surface area (Å²) in [5.41, 5.74) is 0. The van der Waals surface area contributed by atoms with Gasteiger partial charge in [-0.3, -0.25) is 0 Å². The number of nitrogens with one attached hydrogen (secondary N) is 1. The van der Waals surface area contributed by atoms with Crippen LogP contribution in [-0.2, 0) is 9.84 Å². The monoisotopic (exact) mass is 276 g/mol. The molecule has 0 saturated carbocycles. The summed E-state index contributed by atoms with van der Waals surface area (Å²) in [6.45, 7) is 8.61. The highest BCUT2D eigenvalue weighted by Crippen LogP contribution is 2.20. The van der Waals surface area contributed by atoms with Gasteiger partial charge in [-0.05, 0) is 58.3 Å². The number of likely N-dealkylation sites (tertiary alicyclic amines) is 1. The zero-order valence-corrected chi connectivity index (χ0v) is 12.8. The fourth-order valence-electron chi connectivity index (χ4n) is 2.72. The second-order valence-electron chi connectivity index (χ2n) is 5.51. The first-order valence-electron chi connectivity index (χ1n) is 7.06. The molecule has 0 aromatic heterocycles. The summed E-state index contributed by atoms with van der Waals surface area (Å²) in [5, 5.41) is 3.50. The molecule has 108 valence electrons. The molecule has 1 fully saturated rings. The first kappa shape index (κ1) is 15.9. The van der Waals surface area contributed by atoms with Gasteiger partial charge in [-0.15, -0.1) is 0 Å². The van der Waals surface area contributed by atoms with Crippen LogP contribution in [-0.4, -0.2) is 57.5 Å². The van der Waals surface area contributed by atoms with E-state index in [2.05, 4.69) is 24.1 Å². The molecule has 1 aliphatic rings. The molecule has 1 atom stereocenters. The lowest BCUT2D eigenvalue weighted by molar-refractivity contribution is 0.164. The Bertz CT molecular complexity index is 322. The lowest BCUT2D eigenvalue weighted by atomic mass is 9.90. The second kappa shape index (κ2) is 7.46. The largest absolute Gasteiger partial charge is 0.314 e. The van der Waals surface area contributed by atoms with Crippen molar-refractivity contribution < 1.29 is 8.42 Å². The molecule has 0 aromatic rings. The standard InChI is InChI=1S/C13H28N2O2S/c1-4-14-12(2)13-6-9-15(10-7-13)8-5-11-18(3,16)17/h12-14H,4-11H2,1-3H3. The third kappa shape index (κ3) is 6.16. The van der Waals surface area contributed by atoms with Crippen molar-refractivity contribution in [1.29, 1.82) is 0 Å². The smallest absolute Gasteiger partial charge is 0.147 e. The van der Waals surface area contributed by atoms with E-state index < -0.39 is 9.84 Å². The number of sulfone groups is 1. The van der Waals surface area contributed by atoms with Crippen molar-refractivity contribution >= 4 is 9.84 Å². The molecule has 0 aliphatic carbocycles. The van der Waals surface area contributed by atoms with Crippen LogP contribution in [0.4, 0.5) is 0 Å². The van der Waals surface area contributed by atoms with Crippen LogP contribution in [0.1, 0.15) is 33.1 Å². The van der Waals surface area contributed by atoms with Crippen molar-refractivity contribution in [2.75, 3.05) is 38.2 Å². The summed E-state index contributed by atoms with van der Waals surface area (Å²) in [5.74, 6) is 1.09. The van der Waals surface area contributed by atoms with Crippen LogP contribution in [0.15, 0.2) is 0 Å². The van der Waals surface area contributed by atoms with E-state index in [1.54, 1.807) is 0 Å². The lowest BCUT2D eigenvalue weighted by Crippen LogP contribution is -2.42. The fourth-order valence-corrected chi connectivity index (χ4v) is 3.37. The van der Waals surface area contributed by atoms with Crippen LogP contribution in [0.2, 0.25) is 0 Å². The summed E-state index contributed by atoms with van der Waals surface area (Å²) in [4.78, 5) is 2.40. The van der Waals surface area contributed by atoms with E-state index in [4.69, 9.17) is 0 Å². The maximum atomic E-state index is 11.1. The van der Waals surface area contributed by atoms with E-state index in [-0.39, 0.29) is 0 Å². The van der Waals surface area contributed by atoms with Gasteiger partial charge >= 0.3 is 0 Å². The molecule has 1 rings (SSSR count). The summed E-state index contributed by atoms with van der Waals surface area (Å²) in [6, 6.07) is 0.605. The van der Waals surface area contributed by atoms with Crippen LogP contribution < -0.4 is 5.32 Å². The Morgan fingerprint density at radius 1 is 1.33 bits per heavy atom. The van der Waals surface area contributed by atoms with Crippen LogP contribution in [0.25, 0.3) is 0 Å². The molecule has 0 bridgehead atoms. The van der Waals surface area contributed by atoms with Crippen LogP contribution in [0, 0.1) is 5.92 Å². The number of hydrogen-bond acceptors (Lipinski definition) is 4. The Balaban J connectivity index is 2.19. The summed E-state index contributed by atoms with van der Waals surface area (Å²) >= 11 is 0. The first-order valence-corrected chi connectivity index (χ1v) is 9.12. The van der Waals surface area contributed by atoms with Gasteiger partial charge in [0.2, 0.25) is 0 Å². The van der Waals surface area contributed by atoms with Gasteiger partial charge in [-0.1, -0.05) is 6.92 Å². The van der Waals surface area contributed by atoms with E-state index in [0.717, 1.165) is 38.5 Å². The summed E-state index contributed by atoms with van der Waals surface area (Å²) in [7, 11) is -2.79. The van der Waals surface area contributed by atoms with Crippen molar-refractivity contribution in [1.82, 2.24) is 10.2 Å². The minimum Gasteiger partial charge on any atom is -0.314 e. The number of piperidine rings is 1. The van der Waals surface area contributed by atoms with E-state index >= 15 is 0 Å². The molecule has 1 heterocycles. The molecule has 1 N–H and O–H groups in total. The highest BCUT2D eigenvalue weighted by Gasteiger charge is 2.23. The Morgan fingerprint density at radius 2 is 1.94 bits per heavy atom. The number of nitrogens with zero attached hydrogens (tertiary/aromatic N) is 1. The lowest BCUT2D eigenvalue weighted by Gasteiger charge is -2.35. The number of hydrogen-bond donors (Lipinski definition) is 1. The fraction of sp³-hybridized carbons (Fsp3) is 1.00. The molecular formula is C13H28N2O2S. The Kier molecular flexibility index (Phi) is 6.60. The van der Waals surface area contributed by atoms with Crippen molar-refractivity contribution in [2.45, 2.75) is 39.2 Å².